The van der Waals surface area contributed by atoms with E-state index in [9.17, 15) is 9.18 Å². The Balaban J connectivity index is 2.64. The van der Waals surface area contributed by atoms with Crippen molar-refractivity contribution in [3.8, 4) is 0 Å². The van der Waals surface area contributed by atoms with Gasteiger partial charge in [-0.05, 0) is 38.2 Å². The van der Waals surface area contributed by atoms with E-state index in [1.54, 1.807) is 12.1 Å². The Hall–Kier alpha value is -1.46. The number of aliphatic hydroxyl groups is 1. The Morgan fingerprint density at radius 3 is 2.70 bits per heavy atom. The molecule has 5 heteroatoms. The maximum absolute atomic E-state index is 13.2. The fourth-order valence-electron chi connectivity index (χ4n) is 2.06. The predicted octanol–water partition coefficient (Wildman–Crippen LogP) is 1.66. The van der Waals surface area contributed by atoms with Crippen LogP contribution in [0.4, 0.5) is 4.39 Å². The van der Waals surface area contributed by atoms with Crippen LogP contribution in [0.3, 0.4) is 0 Å². The summed E-state index contributed by atoms with van der Waals surface area (Å²) in [7, 11) is 3.75. The van der Waals surface area contributed by atoms with Crippen LogP contribution in [-0.4, -0.2) is 36.1 Å². The lowest BCUT2D eigenvalue weighted by Crippen LogP contribution is -2.43. The minimum Gasteiger partial charge on any atom is -0.392 e. The van der Waals surface area contributed by atoms with E-state index in [2.05, 4.69) is 5.32 Å². The number of nitrogens with one attached hydrogen (secondary N) is 1. The van der Waals surface area contributed by atoms with E-state index in [0.717, 1.165) is 18.4 Å². The van der Waals surface area contributed by atoms with Crippen LogP contribution < -0.4 is 5.32 Å². The van der Waals surface area contributed by atoms with Crippen molar-refractivity contribution in [2.45, 2.75) is 39.0 Å². The van der Waals surface area contributed by atoms with Gasteiger partial charge < -0.3 is 10.4 Å². The van der Waals surface area contributed by atoms with E-state index in [-0.39, 0.29) is 24.1 Å². The first-order valence-electron chi connectivity index (χ1n) is 6.81. The molecule has 0 aliphatic heterocycles. The zero-order valence-corrected chi connectivity index (χ0v) is 12.3. The Morgan fingerprint density at radius 2 is 2.15 bits per heavy atom. The minimum atomic E-state index is -0.431. The van der Waals surface area contributed by atoms with Crippen LogP contribution in [0.25, 0.3) is 0 Å². The third kappa shape index (κ3) is 4.58. The minimum absolute atomic E-state index is 0.0354. The predicted molar refractivity (Wildman–Crippen MR) is 76.6 cm³/mol. The van der Waals surface area contributed by atoms with Crippen molar-refractivity contribution in [2.75, 3.05) is 14.1 Å². The average Bonchev–Trinajstić information content (AvgIpc) is 2.43. The van der Waals surface area contributed by atoms with Crippen molar-refractivity contribution >= 4 is 5.91 Å². The van der Waals surface area contributed by atoms with Crippen molar-refractivity contribution in [3.63, 3.8) is 0 Å². The number of likely N-dealkylation sites (N-methyl/N-ethyl adjacent to an activating group) is 1. The van der Waals surface area contributed by atoms with Crippen LogP contribution >= 0.6 is 0 Å². The van der Waals surface area contributed by atoms with E-state index in [0.29, 0.717) is 6.54 Å². The number of rotatable bonds is 7. The lowest BCUT2D eigenvalue weighted by molar-refractivity contribution is -0.125. The van der Waals surface area contributed by atoms with E-state index >= 15 is 0 Å². The third-order valence-corrected chi connectivity index (χ3v) is 3.24. The van der Waals surface area contributed by atoms with Gasteiger partial charge in [0, 0.05) is 12.1 Å². The average molecular weight is 282 g/mol. The van der Waals surface area contributed by atoms with E-state index in [1.807, 2.05) is 25.9 Å². The molecule has 0 fully saturated rings. The topological polar surface area (TPSA) is 52.6 Å². The monoisotopic (exact) mass is 282 g/mol. The molecular formula is C15H23FN2O2. The molecule has 0 aromatic heterocycles. The van der Waals surface area contributed by atoms with Gasteiger partial charge in [-0.2, -0.15) is 0 Å². The van der Waals surface area contributed by atoms with Crippen molar-refractivity contribution in [1.82, 2.24) is 10.2 Å². The second kappa shape index (κ2) is 7.97. The van der Waals surface area contributed by atoms with Gasteiger partial charge in [0.05, 0.1) is 12.6 Å². The van der Waals surface area contributed by atoms with Crippen LogP contribution in [0.5, 0.6) is 0 Å². The van der Waals surface area contributed by atoms with Gasteiger partial charge in [-0.25, -0.2) is 4.39 Å². The number of carbonyl (C=O) groups is 1. The molecule has 0 saturated heterocycles. The molecule has 1 aromatic rings. The van der Waals surface area contributed by atoms with Gasteiger partial charge in [0.25, 0.3) is 0 Å². The lowest BCUT2D eigenvalue weighted by atomic mass is 10.1. The SMILES string of the molecule is CCCC(C(=O)NCc1ccc(F)c(CO)c1)N(C)C. The molecule has 0 aliphatic rings. The van der Waals surface area contributed by atoms with Crippen LogP contribution in [0.1, 0.15) is 30.9 Å². The Labute approximate surface area is 119 Å². The molecule has 0 spiro atoms. The second-order valence-corrected chi connectivity index (χ2v) is 5.07. The van der Waals surface area contributed by atoms with Crippen LogP contribution in [0.15, 0.2) is 18.2 Å². The Kier molecular flexibility index (Phi) is 6.61. The molecule has 0 radical (unpaired) electrons. The summed E-state index contributed by atoms with van der Waals surface area (Å²) in [5.41, 5.74) is 1.02. The summed E-state index contributed by atoms with van der Waals surface area (Å²) in [6.07, 6.45) is 1.73. The highest BCUT2D eigenvalue weighted by Crippen LogP contribution is 2.11. The van der Waals surface area contributed by atoms with Crippen molar-refractivity contribution < 1.29 is 14.3 Å². The summed E-state index contributed by atoms with van der Waals surface area (Å²) in [5, 5.41) is 11.9. The molecule has 0 aliphatic carbocycles. The standard InChI is InChI=1S/C15H23FN2O2/c1-4-5-14(18(2)3)15(20)17-9-11-6-7-13(16)12(8-11)10-19/h6-8,14,19H,4-5,9-10H2,1-3H3,(H,17,20). The third-order valence-electron chi connectivity index (χ3n) is 3.24. The molecule has 1 atom stereocenters. The number of amides is 1. The number of aliphatic hydroxyl groups excluding tert-OH is 1. The first-order chi connectivity index (χ1) is 9.49. The van der Waals surface area contributed by atoms with Crippen molar-refractivity contribution in [3.05, 3.63) is 35.1 Å². The van der Waals surface area contributed by atoms with Gasteiger partial charge in [-0.3, -0.25) is 9.69 Å². The van der Waals surface area contributed by atoms with Crippen LogP contribution in [0.2, 0.25) is 0 Å². The Bertz CT molecular complexity index is 449. The molecule has 0 bridgehead atoms. The highest BCUT2D eigenvalue weighted by molar-refractivity contribution is 5.81. The largest absolute Gasteiger partial charge is 0.392 e. The van der Waals surface area contributed by atoms with Crippen LogP contribution in [0, 0.1) is 5.82 Å². The van der Waals surface area contributed by atoms with E-state index in [1.165, 1.54) is 6.07 Å². The molecule has 2 N–H and O–H groups in total. The number of hydrogen-bond donors (Lipinski definition) is 2. The summed E-state index contributed by atoms with van der Waals surface area (Å²) in [6.45, 7) is 2.03. The molecular weight excluding hydrogens is 259 g/mol. The molecule has 0 saturated carbocycles. The molecule has 1 amide bonds. The second-order valence-electron chi connectivity index (χ2n) is 5.07. The highest BCUT2D eigenvalue weighted by atomic mass is 19.1. The van der Waals surface area contributed by atoms with Gasteiger partial charge in [0.2, 0.25) is 5.91 Å². The summed E-state index contributed by atoms with van der Waals surface area (Å²) in [6, 6.07) is 4.33. The summed E-state index contributed by atoms with van der Waals surface area (Å²) >= 11 is 0. The van der Waals surface area contributed by atoms with Gasteiger partial charge in [0.1, 0.15) is 5.82 Å². The van der Waals surface area contributed by atoms with Crippen molar-refractivity contribution in [2.24, 2.45) is 0 Å². The van der Waals surface area contributed by atoms with E-state index < -0.39 is 5.82 Å². The smallest absolute Gasteiger partial charge is 0.237 e. The molecule has 112 valence electrons. The van der Waals surface area contributed by atoms with E-state index in [4.69, 9.17) is 5.11 Å². The maximum atomic E-state index is 13.2. The van der Waals surface area contributed by atoms with Gasteiger partial charge in [0.15, 0.2) is 0 Å². The summed E-state index contributed by atoms with van der Waals surface area (Å²) in [5.74, 6) is -0.466. The molecule has 1 unspecified atom stereocenters. The zero-order valence-electron chi connectivity index (χ0n) is 12.3. The summed E-state index contributed by atoms with van der Waals surface area (Å²) in [4.78, 5) is 14.0. The zero-order chi connectivity index (χ0) is 15.1. The van der Waals surface area contributed by atoms with Gasteiger partial charge in [-0.15, -0.1) is 0 Å². The molecule has 1 aromatic carbocycles. The van der Waals surface area contributed by atoms with Crippen molar-refractivity contribution in [1.29, 1.82) is 0 Å². The fraction of sp³-hybridized carbons (Fsp3) is 0.533. The van der Waals surface area contributed by atoms with Gasteiger partial charge >= 0.3 is 0 Å². The number of benzene rings is 1. The number of hydrogen-bond acceptors (Lipinski definition) is 3. The quantitative estimate of drug-likeness (QED) is 0.800. The molecule has 4 nitrogen and oxygen atoms in total. The Morgan fingerprint density at radius 1 is 1.45 bits per heavy atom. The lowest BCUT2D eigenvalue weighted by Gasteiger charge is -2.23. The van der Waals surface area contributed by atoms with Gasteiger partial charge in [-0.1, -0.05) is 19.4 Å². The number of carbonyl (C=O) groups excluding carboxylic acids is 1. The van der Waals surface area contributed by atoms with Crippen LogP contribution in [-0.2, 0) is 17.9 Å². The normalized spacial score (nSPS) is 12.5. The first kappa shape index (κ1) is 16.6. The maximum Gasteiger partial charge on any atom is 0.237 e. The highest BCUT2D eigenvalue weighted by Gasteiger charge is 2.19. The molecule has 0 heterocycles. The molecule has 20 heavy (non-hydrogen) atoms. The fourth-order valence-corrected chi connectivity index (χ4v) is 2.06. The molecule has 1 rings (SSSR count). The summed E-state index contributed by atoms with van der Waals surface area (Å²) < 4.78 is 13.2. The number of halogens is 1. The first-order valence-corrected chi connectivity index (χ1v) is 6.81. The number of nitrogens with zero attached hydrogens (tertiary/aromatic N) is 1.